The largest absolute Gasteiger partial charge is 0.507 e. The molecule has 9 heteroatoms. The molecule has 1 N–H and O–H groups in total. The lowest BCUT2D eigenvalue weighted by molar-refractivity contribution is -0.384. The number of benzene rings is 2. The van der Waals surface area contributed by atoms with Crippen molar-refractivity contribution in [3.8, 4) is 5.75 Å². The SMILES string of the molecule is O=[N+]([O-])c1ccc(O)c(C=NCC2=NS(=O)(=O)c3ccccc32)c1. The Balaban J connectivity index is 1.86. The first-order chi connectivity index (χ1) is 11.4. The van der Waals surface area contributed by atoms with Gasteiger partial charge in [-0.3, -0.25) is 15.1 Å². The third kappa shape index (κ3) is 2.88. The van der Waals surface area contributed by atoms with Gasteiger partial charge in [-0.25, -0.2) is 0 Å². The molecule has 0 radical (unpaired) electrons. The highest BCUT2D eigenvalue weighted by atomic mass is 32.2. The lowest BCUT2D eigenvalue weighted by Crippen LogP contribution is -2.02. The summed E-state index contributed by atoms with van der Waals surface area (Å²) in [7, 11) is -3.70. The van der Waals surface area contributed by atoms with E-state index in [0.29, 0.717) is 5.56 Å². The van der Waals surface area contributed by atoms with Gasteiger partial charge in [0.05, 0.1) is 22.1 Å². The monoisotopic (exact) mass is 345 g/mol. The predicted octanol–water partition coefficient (Wildman–Crippen LogP) is 1.91. The van der Waals surface area contributed by atoms with Crippen molar-refractivity contribution in [2.45, 2.75) is 4.90 Å². The van der Waals surface area contributed by atoms with Gasteiger partial charge in [-0.05, 0) is 12.1 Å². The zero-order valence-electron chi connectivity index (χ0n) is 12.2. The highest BCUT2D eigenvalue weighted by Gasteiger charge is 2.27. The number of fused-ring (bicyclic) bond motifs is 1. The molecule has 1 heterocycles. The molecule has 122 valence electrons. The van der Waals surface area contributed by atoms with Crippen molar-refractivity contribution in [2.75, 3.05) is 6.54 Å². The number of nitro groups is 1. The minimum absolute atomic E-state index is 0.0294. The number of rotatable bonds is 4. The molecular formula is C15H11N3O5S. The second-order valence-corrected chi connectivity index (χ2v) is 6.55. The fourth-order valence-electron chi connectivity index (χ4n) is 2.28. The number of nitro benzene ring substituents is 1. The molecule has 0 saturated carbocycles. The van der Waals surface area contributed by atoms with Crippen molar-refractivity contribution >= 4 is 27.6 Å². The third-order valence-corrected chi connectivity index (χ3v) is 4.77. The molecule has 2 aromatic carbocycles. The van der Waals surface area contributed by atoms with Crippen molar-refractivity contribution in [2.24, 2.45) is 9.39 Å². The van der Waals surface area contributed by atoms with E-state index in [2.05, 4.69) is 9.39 Å². The summed E-state index contributed by atoms with van der Waals surface area (Å²) in [6.45, 7) is -0.0294. The van der Waals surface area contributed by atoms with Crippen LogP contribution in [0, 0.1) is 10.1 Å². The second-order valence-electron chi connectivity index (χ2n) is 4.98. The maximum Gasteiger partial charge on any atom is 0.283 e. The van der Waals surface area contributed by atoms with Gasteiger partial charge in [0.1, 0.15) is 5.75 Å². The molecule has 0 unspecified atom stereocenters. The number of phenolic OH excluding ortho intramolecular Hbond substituents is 1. The Morgan fingerprint density at radius 1 is 1.25 bits per heavy atom. The van der Waals surface area contributed by atoms with Gasteiger partial charge in [-0.2, -0.15) is 12.8 Å². The molecule has 0 fully saturated rings. The standard InChI is InChI=1S/C15H11N3O5S/c19-14-6-5-11(18(20)21)7-10(14)8-16-9-13-12-3-1-2-4-15(12)24(22,23)17-13/h1-8,19H,9H2. The van der Waals surface area contributed by atoms with E-state index in [1.54, 1.807) is 18.2 Å². The van der Waals surface area contributed by atoms with Crippen LogP contribution in [0.2, 0.25) is 0 Å². The van der Waals surface area contributed by atoms with Crippen LogP contribution >= 0.6 is 0 Å². The summed E-state index contributed by atoms with van der Waals surface area (Å²) >= 11 is 0. The van der Waals surface area contributed by atoms with E-state index in [0.717, 1.165) is 0 Å². The molecule has 2 aromatic rings. The molecule has 0 aliphatic carbocycles. The Morgan fingerprint density at radius 3 is 2.75 bits per heavy atom. The smallest absolute Gasteiger partial charge is 0.283 e. The van der Waals surface area contributed by atoms with E-state index < -0.39 is 14.9 Å². The number of nitrogens with zero attached hydrogens (tertiary/aromatic N) is 3. The van der Waals surface area contributed by atoms with E-state index in [4.69, 9.17) is 0 Å². The van der Waals surface area contributed by atoms with Gasteiger partial charge in [0.2, 0.25) is 0 Å². The number of phenols is 1. The van der Waals surface area contributed by atoms with Crippen molar-refractivity contribution < 1.29 is 18.4 Å². The normalized spacial score (nSPS) is 15.2. The van der Waals surface area contributed by atoms with Crippen LogP contribution in [0.25, 0.3) is 0 Å². The lowest BCUT2D eigenvalue weighted by Gasteiger charge is -2.00. The number of hydrogen-bond donors (Lipinski definition) is 1. The summed E-state index contributed by atoms with van der Waals surface area (Å²) in [6, 6.07) is 9.98. The molecule has 24 heavy (non-hydrogen) atoms. The molecule has 0 spiro atoms. The van der Waals surface area contributed by atoms with E-state index in [1.165, 1.54) is 30.5 Å². The Morgan fingerprint density at radius 2 is 2.00 bits per heavy atom. The van der Waals surface area contributed by atoms with Gasteiger partial charge < -0.3 is 5.11 Å². The fraction of sp³-hybridized carbons (Fsp3) is 0.0667. The van der Waals surface area contributed by atoms with Crippen molar-refractivity contribution in [3.05, 3.63) is 63.7 Å². The molecular weight excluding hydrogens is 334 g/mol. The summed E-state index contributed by atoms with van der Waals surface area (Å²) in [5, 5.41) is 20.5. The zero-order chi connectivity index (χ0) is 17.3. The summed E-state index contributed by atoms with van der Waals surface area (Å²) in [6.07, 6.45) is 1.25. The van der Waals surface area contributed by atoms with Crippen LogP contribution < -0.4 is 0 Å². The van der Waals surface area contributed by atoms with E-state index in [9.17, 15) is 23.6 Å². The maximum atomic E-state index is 11.9. The van der Waals surface area contributed by atoms with Crippen LogP contribution in [0.15, 0.2) is 56.8 Å². The molecule has 0 aromatic heterocycles. The van der Waals surface area contributed by atoms with Crippen LogP contribution in [0.4, 0.5) is 5.69 Å². The first-order valence-electron chi connectivity index (χ1n) is 6.79. The molecule has 3 rings (SSSR count). The van der Waals surface area contributed by atoms with Gasteiger partial charge in [0, 0.05) is 29.5 Å². The Kier molecular flexibility index (Phi) is 3.86. The Bertz CT molecular complexity index is 996. The maximum absolute atomic E-state index is 11.9. The third-order valence-electron chi connectivity index (χ3n) is 3.40. The molecule has 0 amide bonds. The van der Waals surface area contributed by atoms with Gasteiger partial charge in [-0.15, -0.1) is 0 Å². The minimum Gasteiger partial charge on any atom is -0.507 e. The molecule has 1 aliphatic heterocycles. The topological polar surface area (TPSA) is 122 Å². The van der Waals surface area contributed by atoms with E-state index >= 15 is 0 Å². The highest BCUT2D eigenvalue weighted by Crippen LogP contribution is 2.26. The molecule has 1 aliphatic rings. The number of sulfonamides is 1. The van der Waals surface area contributed by atoms with Crippen LogP contribution in [0.3, 0.4) is 0 Å². The number of aromatic hydroxyl groups is 1. The predicted molar refractivity (Wildman–Crippen MR) is 87.4 cm³/mol. The van der Waals surface area contributed by atoms with Crippen LogP contribution in [-0.2, 0) is 10.0 Å². The molecule has 0 bridgehead atoms. The number of aliphatic imine (C=N–C) groups is 1. The highest BCUT2D eigenvalue weighted by molar-refractivity contribution is 7.90. The Labute approximate surface area is 137 Å². The van der Waals surface area contributed by atoms with Crippen LogP contribution in [0.5, 0.6) is 5.75 Å². The van der Waals surface area contributed by atoms with Gasteiger partial charge >= 0.3 is 0 Å². The van der Waals surface area contributed by atoms with Crippen LogP contribution in [-0.4, -0.2) is 36.9 Å². The average molecular weight is 345 g/mol. The number of non-ortho nitro benzene ring substituents is 1. The number of hydrogen-bond acceptors (Lipinski definition) is 6. The van der Waals surface area contributed by atoms with E-state index in [-0.39, 0.29) is 34.2 Å². The Hall–Kier alpha value is -3.07. The lowest BCUT2D eigenvalue weighted by atomic mass is 10.1. The fourth-order valence-corrected chi connectivity index (χ4v) is 3.54. The zero-order valence-corrected chi connectivity index (χ0v) is 13.0. The molecule has 0 saturated heterocycles. The summed E-state index contributed by atoms with van der Waals surface area (Å²) in [4.78, 5) is 14.3. The second kappa shape index (κ2) is 5.85. The van der Waals surface area contributed by atoms with E-state index in [1.807, 2.05) is 0 Å². The van der Waals surface area contributed by atoms with Crippen molar-refractivity contribution in [3.63, 3.8) is 0 Å². The first kappa shape index (κ1) is 15.8. The first-order valence-corrected chi connectivity index (χ1v) is 8.23. The summed E-state index contributed by atoms with van der Waals surface area (Å²) in [5.74, 6) is -0.161. The van der Waals surface area contributed by atoms with Crippen molar-refractivity contribution in [1.29, 1.82) is 0 Å². The molecule has 8 nitrogen and oxygen atoms in total. The van der Waals surface area contributed by atoms with Gasteiger partial charge in [0.15, 0.2) is 0 Å². The van der Waals surface area contributed by atoms with Gasteiger partial charge in [0.25, 0.3) is 15.7 Å². The molecule has 0 atom stereocenters. The average Bonchev–Trinajstić information content (AvgIpc) is 2.80. The van der Waals surface area contributed by atoms with Crippen LogP contribution in [0.1, 0.15) is 11.1 Å². The summed E-state index contributed by atoms with van der Waals surface area (Å²) < 4.78 is 27.5. The summed E-state index contributed by atoms with van der Waals surface area (Å²) in [5.41, 5.74) is 0.754. The van der Waals surface area contributed by atoms with Crippen molar-refractivity contribution in [1.82, 2.24) is 0 Å². The minimum atomic E-state index is -3.70. The van der Waals surface area contributed by atoms with Gasteiger partial charge in [-0.1, -0.05) is 18.2 Å². The quantitative estimate of drug-likeness (QED) is 0.515.